The number of amides is 2. The number of carbonyl (C=O) groups is 2. The molecule has 0 aromatic carbocycles. The van der Waals surface area contributed by atoms with Gasteiger partial charge in [0.2, 0.25) is 11.8 Å². The molecule has 1 aliphatic carbocycles. The van der Waals surface area contributed by atoms with Crippen molar-refractivity contribution in [1.82, 2.24) is 10.4 Å². The second-order valence-electron chi connectivity index (χ2n) is 5.26. The van der Waals surface area contributed by atoms with Gasteiger partial charge in [-0.15, -0.1) is 0 Å². The van der Waals surface area contributed by atoms with Gasteiger partial charge in [0.1, 0.15) is 0 Å². The fraction of sp³-hybridized carbons (Fsp3) is 0.833. The molecule has 1 atom stereocenters. The molecule has 0 aromatic rings. The summed E-state index contributed by atoms with van der Waals surface area (Å²) in [6.07, 6.45) is 5.08. The maximum atomic E-state index is 12.4. The van der Waals surface area contributed by atoms with Crippen molar-refractivity contribution in [2.45, 2.75) is 51.5 Å². The predicted molar refractivity (Wildman–Crippen MR) is 61.7 cm³/mol. The van der Waals surface area contributed by atoms with Gasteiger partial charge >= 0.3 is 0 Å². The number of aliphatic hydroxyl groups is 1. The summed E-state index contributed by atoms with van der Waals surface area (Å²) in [5.74, 6) is -0.120. The zero-order valence-electron chi connectivity index (χ0n) is 10.2. The van der Waals surface area contributed by atoms with E-state index in [1.807, 2.05) is 0 Å². The topological polar surface area (TPSA) is 69.6 Å². The first-order chi connectivity index (χ1) is 8.09. The molecule has 5 nitrogen and oxygen atoms in total. The highest BCUT2D eigenvalue weighted by atomic mass is 16.3. The molecule has 1 saturated carbocycles. The normalized spacial score (nSPS) is 25.9. The number of hydrogen-bond donors (Lipinski definition) is 2. The van der Waals surface area contributed by atoms with E-state index in [1.165, 1.54) is 5.01 Å². The fourth-order valence-corrected chi connectivity index (χ4v) is 2.87. The molecule has 96 valence electrons. The molecule has 0 bridgehead atoms. The molecule has 2 aliphatic rings. The minimum absolute atomic E-state index is 0.0154. The Bertz CT molecular complexity index is 324. The van der Waals surface area contributed by atoms with E-state index in [1.54, 1.807) is 6.92 Å². The molecule has 17 heavy (non-hydrogen) atoms. The van der Waals surface area contributed by atoms with Crippen LogP contribution in [0.1, 0.15) is 45.4 Å². The van der Waals surface area contributed by atoms with Crippen molar-refractivity contribution in [1.29, 1.82) is 0 Å². The van der Waals surface area contributed by atoms with Gasteiger partial charge in [0.25, 0.3) is 0 Å². The Kier molecular flexibility index (Phi) is 3.38. The molecule has 2 rings (SSSR count). The maximum Gasteiger partial charge on any atom is 0.248 e. The number of hydrogen-bond acceptors (Lipinski definition) is 3. The summed E-state index contributed by atoms with van der Waals surface area (Å²) in [5, 5.41) is 10.5. The van der Waals surface area contributed by atoms with Crippen LogP contribution in [0.4, 0.5) is 0 Å². The number of hydrazine groups is 1. The van der Waals surface area contributed by atoms with Crippen LogP contribution in [-0.4, -0.2) is 34.6 Å². The number of carbonyl (C=O) groups excluding carboxylic acids is 2. The Morgan fingerprint density at radius 3 is 2.59 bits per heavy atom. The van der Waals surface area contributed by atoms with Crippen molar-refractivity contribution in [3.63, 3.8) is 0 Å². The molecule has 0 radical (unpaired) electrons. The zero-order chi connectivity index (χ0) is 12.5. The van der Waals surface area contributed by atoms with Gasteiger partial charge in [0, 0.05) is 6.42 Å². The quantitative estimate of drug-likeness (QED) is 0.742. The van der Waals surface area contributed by atoms with Crippen LogP contribution >= 0.6 is 0 Å². The molecule has 5 heteroatoms. The average Bonchev–Trinajstić information content (AvgIpc) is 2.34. The third-order valence-electron chi connectivity index (χ3n) is 3.93. The minimum atomic E-state index is -0.496. The lowest BCUT2D eigenvalue weighted by Crippen LogP contribution is -2.62. The van der Waals surface area contributed by atoms with E-state index in [2.05, 4.69) is 5.43 Å². The lowest BCUT2D eigenvalue weighted by molar-refractivity contribution is -0.165. The summed E-state index contributed by atoms with van der Waals surface area (Å²) in [5.41, 5.74) is 2.08. The summed E-state index contributed by atoms with van der Waals surface area (Å²) in [6.45, 7) is 1.60. The second kappa shape index (κ2) is 4.64. The zero-order valence-corrected chi connectivity index (χ0v) is 10.2. The van der Waals surface area contributed by atoms with E-state index >= 15 is 0 Å². The van der Waals surface area contributed by atoms with Crippen LogP contribution in [0.2, 0.25) is 0 Å². The molecule has 2 N–H and O–H groups in total. The van der Waals surface area contributed by atoms with Crippen LogP contribution in [0, 0.1) is 5.41 Å². The molecule has 1 saturated heterocycles. The van der Waals surface area contributed by atoms with Gasteiger partial charge in [-0.25, -0.2) is 5.01 Å². The molecule has 1 spiro atoms. The SMILES string of the molecule is CC(CO)N1NC(=O)CC2(CCCCC2)C1=O. The van der Waals surface area contributed by atoms with E-state index in [0.717, 1.165) is 32.1 Å². The lowest BCUT2D eigenvalue weighted by atomic mass is 9.70. The highest BCUT2D eigenvalue weighted by Gasteiger charge is 2.48. The van der Waals surface area contributed by atoms with Gasteiger partial charge in [-0.2, -0.15) is 0 Å². The van der Waals surface area contributed by atoms with Crippen molar-refractivity contribution in [2.75, 3.05) is 6.61 Å². The minimum Gasteiger partial charge on any atom is -0.394 e. The first kappa shape index (κ1) is 12.4. The Morgan fingerprint density at radius 2 is 2.00 bits per heavy atom. The van der Waals surface area contributed by atoms with Crippen LogP contribution in [0.25, 0.3) is 0 Å². The largest absolute Gasteiger partial charge is 0.394 e. The van der Waals surface area contributed by atoms with Crippen molar-refractivity contribution in [3.05, 3.63) is 0 Å². The number of nitrogens with zero attached hydrogens (tertiary/aromatic N) is 1. The molecule has 1 unspecified atom stereocenters. The Balaban J connectivity index is 2.21. The van der Waals surface area contributed by atoms with Crippen LogP contribution < -0.4 is 5.43 Å². The van der Waals surface area contributed by atoms with E-state index < -0.39 is 5.41 Å². The van der Waals surface area contributed by atoms with Crippen molar-refractivity contribution < 1.29 is 14.7 Å². The summed E-state index contributed by atoms with van der Waals surface area (Å²) < 4.78 is 0. The third-order valence-corrected chi connectivity index (χ3v) is 3.93. The van der Waals surface area contributed by atoms with Crippen molar-refractivity contribution >= 4 is 11.8 Å². The maximum absolute atomic E-state index is 12.4. The smallest absolute Gasteiger partial charge is 0.248 e. The Morgan fingerprint density at radius 1 is 1.35 bits per heavy atom. The molecule has 2 fully saturated rings. The van der Waals surface area contributed by atoms with E-state index in [-0.39, 0.29) is 24.5 Å². The molecule has 2 amide bonds. The van der Waals surface area contributed by atoms with Gasteiger partial charge in [-0.05, 0) is 19.8 Å². The number of rotatable bonds is 2. The van der Waals surface area contributed by atoms with Gasteiger partial charge in [0.05, 0.1) is 18.1 Å². The third kappa shape index (κ3) is 2.16. The van der Waals surface area contributed by atoms with Crippen LogP contribution in [0.15, 0.2) is 0 Å². The van der Waals surface area contributed by atoms with Gasteiger partial charge in [0.15, 0.2) is 0 Å². The average molecular weight is 240 g/mol. The second-order valence-corrected chi connectivity index (χ2v) is 5.26. The number of aliphatic hydroxyl groups excluding tert-OH is 1. The van der Waals surface area contributed by atoms with E-state index in [9.17, 15) is 9.59 Å². The van der Waals surface area contributed by atoms with Crippen LogP contribution in [-0.2, 0) is 9.59 Å². The molecule has 1 heterocycles. The summed E-state index contributed by atoms with van der Waals surface area (Å²) in [6, 6.07) is -0.356. The predicted octanol–water partition coefficient (Wildman–Crippen LogP) is 0.581. The van der Waals surface area contributed by atoms with Gasteiger partial charge in [-0.3, -0.25) is 15.0 Å². The lowest BCUT2D eigenvalue weighted by Gasteiger charge is -2.45. The van der Waals surface area contributed by atoms with Crippen LogP contribution in [0.3, 0.4) is 0 Å². The fourth-order valence-electron chi connectivity index (χ4n) is 2.87. The standard InChI is InChI=1S/C12H20N2O3/c1-9(8-15)14-11(17)12(7-10(16)13-14)5-3-2-4-6-12/h9,15H,2-8H2,1H3,(H,13,16). The molecular formula is C12H20N2O3. The molecule has 0 aromatic heterocycles. The summed E-state index contributed by atoms with van der Waals surface area (Å²) >= 11 is 0. The first-order valence-corrected chi connectivity index (χ1v) is 6.33. The van der Waals surface area contributed by atoms with Crippen LogP contribution in [0.5, 0.6) is 0 Å². The van der Waals surface area contributed by atoms with Gasteiger partial charge in [-0.1, -0.05) is 19.3 Å². The summed E-state index contributed by atoms with van der Waals surface area (Å²) in [4.78, 5) is 24.2. The number of nitrogens with one attached hydrogen (secondary N) is 1. The molecule has 1 aliphatic heterocycles. The first-order valence-electron chi connectivity index (χ1n) is 6.33. The van der Waals surface area contributed by atoms with E-state index in [0.29, 0.717) is 6.42 Å². The monoisotopic (exact) mass is 240 g/mol. The van der Waals surface area contributed by atoms with Crippen molar-refractivity contribution in [2.24, 2.45) is 5.41 Å². The highest BCUT2D eigenvalue weighted by Crippen LogP contribution is 2.42. The van der Waals surface area contributed by atoms with Gasteiger partial charge < -0.3 is 5.11 Å². The highest BCUT2D eigenvalue weighted by molar-refractivity contribution is 5.94. The molecular weight excluding hydrogens is 220 g/mol. The Hall–Kier alpha value is -1.10. The van der Waals surface area contributed by atoms with E-state index in [4.69, 9.17) is 5.11 Å². The van der Waals surface area contributed by atoms with Crippen molar-refractivity contribution in [3.8, 4) is 0 Å². The Labute approximate surface area is 101 Å². The summed E-state index contributed by atoms with van der Waals surface area (Å²) in [7, 11) is 0.